The lowest BCUT2D eigenvalue weighted by molar-refractivity contribution is 0.0685. The predicted octanol–water partition coefficient (Wildman–Crippen LogP) is 2.05. The van der Waals surface area contributed by atoms with E-state index in [-0.39, 0.29) is 17.5 Å². The molecule has 1 N–H and O–H groups in total. The summed E-state index contributed by atoms with van der Waals surface area (Å²) in [4.78, 5) is 14.5. The number of imidazole rings is 1. The first-order valence-corrected chi connectivity index (χ1v) is 4.77. The Kier molecular flexibility index (Phi) is 2.78. The first-order chi connectivity index (χ1) is 8.09. The molecule has 0 spiro atoms. The number of nitrogens with zero attached hydrogens (tertiary/aromatic N) is 2. The maximum Gasteiger partial charge on any atom is 0.354 e. The van der Waals surface area contributed by atoms with Crippen LogP contribution in [0.15, 0.2) is 30.5 Å². The fraction of sp³-hybridized carbons (Fsp3) is 0.0909. The highest BCUT2D eigenvalue weighted by molar-refractivity contribution is 5.85. The predicted molar refractivity (Wildman–Crippen MR) is 56.6 cm³/mol. The average molecular weight is 236 g/mol. The van der Waals surface area contributed by atoms with Gasteiger partial charge in [0, 0.05) is 7.05 Å². The van der Waals surface area contributed by atoms with Crippen LogP contribution >= 0.6 is 0 Å². The second kappa shape index (κ2) is 4.25. The van der Waals surface area contributed by atoms with E-state index in [0.29, 0.717) is 0 Å². The molecular formula is C11H9FN2O3. The molecule has 17 heavy (non-hydrogen) atoms. The Morgan fingerprint density at radius 1 is 1.47 bits per heavy atom. The minimum absolute atomic E-state index is 0.00172. The fourth-order valence-electron chi connectivity index (χ4n) is 1.31. The van der Waals surface area contributed by atoms with Crippen molar-refractivity contribution in [1.82, 2.24) is 9.55 Å². The third-order valence-electron chi connectivity index (χ3n) is 2.20. The van der Waals surface area contributed by atoms with Gasteiger partial charge in [-0.15, -0.1) is 0 Å². The average Bonchev–Trinajstić information content (AvgIpc) is 2.64. The molecule has 0 fully saturated rings. The van der Waals surface area contributed by atoms with Gasteiger partial charge in [-0.25, -0.2) is 14.2 Å². The van der Waals surface area contributed by atoms with Crippen LogP contribution in [0.25, 0.3) is 0 Å². The smallest absolute Gasteiger partial charge is 0.354 e. The second-order valence-electron chi connectivity index (χ2n) is 3.32. The number of ether oxygens (including phenoxy) is 1. The highest BCUT2D eigenvalue weighted by Gasteiger charge is 2.15. The van der Waals surface area contributed by atoms with E-state index in [4.69, 9.17) is 9.84 Å². The Labute approximate surface area is 96.1 Å². The highest BCUT2D eigenvalue weighted by Crippen LogP contribution is 2.23. The van der Waals surface area contributed by atoms with E-state index in [1.54, 1.807) is 6.07 Å². The molecule has 2 rings (SSSR count). The molecule has 0 atom stereocenters. The van der Waals surface area contributed by atoms with Crippen LogP contribution < -0.4 is 4.74 Å². The topological polar surface area (TPSA) is 64.4 Å². The van der Waals surface area contributed by atoms with Crippen molar-refractivity contribution in [2.45, 2.75) is 0 Å². The number of hydrogen-bond donors (Lipinski definition) is 1. The van der Waals surface area contributed by atoms with Crippen molar-refractivity contribution in [2.24, 2.45) is 7.05 Å². The Morgan fingerprint density at radius 3 is 2.76 bits per heavy atom. The van der Waals surface area contributed by atoms with Gasteiger partial charge in [-0.05, 0) is 12.1 Å². The molecule has 1 aromatic heterocycles. The van der Waals surface area contributed by atoms with Gasteiger partial charge in [-0.2, -0.15) is 0 Å². The van der Waals surface area contributed by atoms with Gasteiger partial charge in [-0.3, -0.25) is 4.57 Å². The van der Waals surface area contributed by atoms with Crippen molar-refractivity contribution < 1.29 is 19.0 Å². The molecule has 1 aromatic carbocycles. The van der Waals surface area contributed by atoms with Crippen LogP contribution in [0.4, 0.5) is 4.39 Å². The summed E-state index contributed by atoms with van der Waals surface area (Å²) in [5.41, 5.74) is -0.0312. The molecule has 1 heterocycles. The van der Waals surface area contributed by atoms with Crippen LogP contribution in [0.1, 0.15) is 10.5 Å². The highest BCUT2D eigenvalue weighted by atomic mass is 19.1. The molecular weight excluding hydrogens is 227 g/mol. The minimum Gasteiger partial charge on any atom is -0.477 e. The monoisotopic (exact) mass is 236 g/mol. The second-order valence-corrected chi connectivity index (χ2v) is 3.32. The first kappa shape index (κ1) is 11.1. The fourth-order valence-corrected chi connectivity index (χ4v) is 1.31. The van der Waals surface area contributed by atoms with Crippen LogP contribution in [0, 0.1) is 5.82 Å². The zero-order valence-electron chi connectivity index (χ0n) is 8.92. The number of carbonyl (C=O) groups is 1. The maximum atomic E-state index is 13.3. The molecule has 5 nitrogen and oxygen atoms in total. The summed E-state index contributed by atoms with van der Waals surface area (Å²) in [6.07, 6.45) is 1.15. The van der Waals surface area contributed by atoms with Crippen molar-refractivity contribution in [2.75, 3.05) is 0 Å². The van der Waals surface area contributed by atoms with Gasteiger partial charge in [0.05, 0.1) is 6.20 Å². The summed E-state index contributed by atoms with van der Waals surface area (Å²) in [7, 11) is 1.48. The van der Waals surface area contributed by atoms with Crippen molar-refractivity contribution in [3.8, 4) is 11.8 Å². The van der Waals surface area contributed by atoms with Crippen molar-refractivity contribution in [3.63, 3.8) is 0 Å². The standard InChI is InChI=1S/C11H9FN2O3/c1-14-8(10(15)16)6-13-11(14)17-9-5-3-2-4-7(9)12/h2-6H,1H3,(H,15,16). The SMILES string of the molecule is Cn1c(C(=O)O)cnc1Oc1ccccc1F. The molecule has 88 valence electrons. The van der Waals surface area contributed by atoms with E-state index in [1.165, 1.54) is 29.8 Å². The Morgan fingerprint density at radius 2 is 2.18 bits per heavy atom. The third kappa shape index (κ3) is 2.10. The van der Waals surface area contributed by atoms with E-state index in [1.807, 2.05) is 0 Å². The number of rotatable bonds is 3. The van der Waals surface area contributed by atoms with Crippen LogP contribution in [0.2, 0.25) is 0 Å². The van der Waals surface area contributed by atoms with Gasteiger partial charge in [0.15, 0.2) is 11.6 Å². The number of aromatic nitrogens is 2. The molecule has 0 aliphatic rings. The summed E-state index contributed by atoms with van der Waals surface area (Å²) in [5.74, 6) is -1.66. The lowest BCUT2D eigenvalue weighted by atomic mass is 10.3. The molecule has 6 heteroatoms. The van der Waals surface area contributed by atoms with Gasteiger partial charge in [0.25, 0.3) is 0 Å². The summed E-state index contributed by atoms with van der Waals surface area (Å²) in [6, 6.07) is 5.84. The summed E-state index contributed by atoms with van der Waals surface area (Å²) in [5, 5.41) is 8.81. The van der Waals surface area contributed by atoms with Crippen LogP contribution in [-0.2, 0) is 7.05 Å². The van der Waals surface area contributed by atoms with E-state index < -0.39 is 11.8 Å². The molecule has 0 bridgehead atoms. The van der Waals surface area contributed by atoms with E-state index in [0.717, 1.165) is 6.20 Å². The Hall–Kier alpha value is -2.37. The van der Waals surface area contributed by atoms with Gasteiger partial charge in [0.1, 0.15) is 5.69 Å². The van der Waals surface area contributed by atoms with E-state index >= 15 is 0 Å². The van der Waals surface area contributed by atoms with Crippen molar-refractivity contribution in [1.29, 1.82) is 0 Å². The van der Waals surface area contributed by atoms with Gasteiger partial charge in [-0.1, -0.05) is 12.1 Å². The molecule has 0 saturated heterocycles. The summed E-state index contributed by atoms with van der Waals surface area (Å²) < 4.78 is 19.7. The molecule has 0 aliphatic heterocycles. The summed E-state index contributed by atoms with van der Waals surface area (Å²) >= 11 is 0. The minimum atomic E-state index is -1.12. The largest absolute Gasteiger partial charge is 0.477 e. The van der Waals surface area contributed by atoms with Crippen LogP contribution in [0.3, 0.4) is 0 Å². The Bertz CT molecular complexity index is 566. The van der Waals surface area contributed by atoms with Crippen molar-refractivity contribution in [3.05, 3.63) is 42.0 Å². The normalized spacial score (nSPS) is 10.2. The van der Waals surface area contributed by atoms with Gasteiger partial charge in [0.2, 0.25) is 0 Å². The zero-order valence-corrected chi connectivity index (χ0v) is 8.92. The number of benzene rings is 1. The number of para-hydroxylation sites is 1. The first-order valence-electron chi connectivity index (χ1n) is 4.77. The van der Waals surface area contributed by atoms with Crippen LogP contribution in [-0.4, -0.2) is 20.6 Å². The quantitative estimate of drug-likeness (QED) is 0.885. The number of carboxylic acids is 1. The van der Waals surface area contributed by atoms with Gasteiger partial charge >= 0.3 is 12.0 Å². The van der Waals surface area contributed by atoms with E-state index in [9.17, 15) is 9.18 Å². The molecule has 0 aliphatic carbocycles. The number of aromatic carboxylic acids is 1. The molecule has 2 aromatic rings. The maximum absolute atomic E-state index is 13.3. The zero-order chi connectivity index (χ0) is 12.4. The summed E-state index contributed by atoms with van der Waals surface area (Å²) in [6.45, 7) is 0. The number of halogens is 1. The van der Waals surface area contributed by atoms with Gasteiger partial charge < -0.3 is 9.84 Å². The molecule has 0 radical (unpaired) electrons. The molecule has 0 saturated carbocycles. The number of hydrogen-bond acceptors (Lipinski definition) is 3. The number of carboxylic acid groups (broad SMARTS) is 1. The molecule has 0 unspecified atom stereocenters. The van der Waals surface area contributed by atoms with Crippen molar-refractivity contribution >= 4 is 5.97 Å². The lowest BCUT2D eigenvalue weighted by Gasteiger charge is -2.06. The third-order valence-corrected chi connectivity index (χ3v) is 2.20. The Balaban J connectivity index is 2.31. The van der Waals surface area contributed by atoms with Crippen LogP contribution in [0.5, 0.6) is 11.8 Å². The lowest BCUT2D eigenvalue weighted by Crippen LogP contribution is -2.05. The van der Waals surface area contributed by atoms with E-state index in [2.05, 4.69) is 4.98 Å². The molecule has 0 amide bonds.